The molecule has 0 bridgehead atoms. The lowest BCUT2D eigenvalue weighted by molar-refractivity contribution is 0.0743. The van der Waals surface area contributed by atoms with E-state index in [1.165, 1.54) is 12.0 Å². The van der Waals surface area contributed by atoms with Crippen LogP contribution in [-0.4, -0.2) is 67.8 Å². The van der Waals surface area contributed by atoms with Crippen molar-refractivity contribution in [1.29, 1.82) is 0 Å². The van der Waals surface area contributed by atoms with Gasteiger partial charge in [0.2, 0.25) is 0 Å². The summed E-state index contributed by atoms with van der Waals surface area (Å²) in [6.45, 7) is 8.74. The molecule has 1 aromatic carbocycles. The van der Waals surface area contributed by atoms with E-state index >= 15 is 0 Å². The van der Waals surface area contributed by atoms with Crippen molar-refractivity contribution >= 4 is 35.1 Å². The molecule has 3 heterocycles. The Bertz CT molecular complexity index is 1050. The second kappa shape index (κ2) is 8.86. The fourth-order valence-electron chi connectivity index (χ4n) is 4.25. The number of amides is 2. The van der Waals surface area contributed by atoms with Crippen LogP contribution in [0.5, 0.6) is 5.75 Å². The Hall–Kier alpha value is -3.00. The molecule has 0 unspecified atom stereocenters. The van der Waals surface area contributed by atoms with Crippen molar-refractivity contribution in [3.05, 3.63) is 46.1 Å². The first kappa shape index (κ1) is 22.2. The third-order valence-electron chi connectivity index (χ3n) is 5.90. The van der Waals surface area contributed by atoms with Crippen LogP contribution in [0.2, 0.25) is 5.02 Å². The molecule has 9 heteroatoms. The van der Waals surface area contributed by atoms with Crippen LogP contribution in [0.25, 0.3) is 0 Å². The summed E-state index contributed by atoms with van der Waals surface area (Å²) in [6, 6.07) is 5.17. The van der Waals surface area contributed by atoms with Crippen molar-refractivity contribution in [2.45, 2.75) is 26.8 Å². The van der Waals surface area contributed by atoms with Gasteiger partial charge in [-0.1, -0.05) is 17.7 Å². The molecule has 2 aromatic rings. The van der Waals surface area contributed by atoms with Gasteiger partial charge in [0.25, 0.3) is 5.91 Å². The van der Waals surface area contributed by atoms with Gasteiger partial charge < -0.3 is 19.3 Å². The van der Waals surface area contributed by atoms with E-state index in [4.69, 9.17) is 21.1 Å². The number of anilines is 2. The Morgan fingerprint density at radius 2 is 1.91 bits per heavy atom. The van der Waals surface area contributed by atoms with Crippen molar-refractivity contribution in [2.24, 2.45) is 0 Å². The second-order valence-electron chi connectivity index (χ2n) is 8.23. The van der Waals surface area contributed by atoms with Gasteiger partial charge in [-0.05, 0) is 38.0 Å². The number of nitrogens with zero attached hydrogens (tertiary/aromatic N) is 4. The molecule has 2 aliphatic heterocycles. The summed E-state index contributed by atoms with van der Waals surface area (Å²) in [4.78, 5) is 35.5. The van der Waals surface area contributed by atoms with E-state index in [1.54, 1.807) is 17.0 Å². The highest BCUT2D eigenvalue weighted by atomic mass is 35.5. The van der Waals surface area contributed by atoms with Crippen molar-refractivity contribution in [3.8, 4) is 5.75 Å². The normalized spacial score (nSPS) is 18.7. The first-order chi connectivity index (χ1) is 15.3. The van der Waals surface area contributed by atoms with Gasteiger partial charge in [-0.3, -0.25) is 9.69 Å². The zero-order valence-corrected chi connectivity index (χ0v) is 19.5. The zero-order valence-electron chi connectivity index (χ0n) is 18.7. The van der Waals surface area contributed by atoms with Crippen LogP contribution >= 0.6 is 11.6 Å². The van der Waals surface area contributed by atoms with Gasteiger partial charge in [0.1, 0.15) is 18.2 Å². The number of ether oxygens (including phenoxy) is 2. The Morgan fingerprint density at radius 3 is 2.50 bits per heavy atom. The molecule has 2 amide bonds. The van der Waals surface area contributed by atoms with E-state index in [2.05, 4.69) is 22.9 Å². The summed E-state index contributed by atoms with van der Waals surface area (Å²) < 4.78 is 10.6. The fourth-order valence-corrected chi connectivity index (χ4v) is 4.50. The van der Waals surface area contributed by atoms with Gasteiger partial charge in [0, 0.05) is 38.4 Å². The predicted molar refractivity (Wildman–Crippen MR) is 123 cm³/mol. The van der Waals surface area contributed by atoms with Crippen molar-refractivity contribution in [1.82, 2.24) is 9.88 Å². The number of carbonyl (C=O) groups is 2. The van der Waals surface area contributed by atoms with Crippen molar-refractivity contribution < 1.29 is 19.1 Å². The molecule has 32 heavy (non-hydrogen) atoms. The SMILES string of the molecule is COc1cc(N2C(=O)OC[C@H]2C)c(Cl)cc1C(=O)N1CCN(c2ncc(C)cc2C)CC1. The first-order valence-electron chi connectivity index (χ1n) is 10.6. The number of pyridine rings is 1. The number of carbonyl (C=O) groups excluding carboxylic acids is 2. The molecule has 8 nitrogen and oxygen atoms in total. The van der Waals surface area contributed by atoms with E-state index in [-0.39, 0.29) is 18.6 Å². The van der Waals surface area contributed by atoms with Crippen molar-refractivity contribution in [2.75, 3.05) is 49.7 Å². The monoisotopic (exact) mass is 458 g/mol. The third-order valence-corrected chi connectivity index (χ3v) is 6.20. The summed E-state index contributed by atoms with van der Waals surface area (Å²) in [7, 11) is 1.50. The Balaban J connectivity index is 1.52. The topological polar surface area (TPSA) is 75.2 Å². The minimum atomic E-state index is -0.461. The average Bonchev–Trinajstić information content (AvgIpc) is 3.11. The second-order valence-corrected chi connectivity index (χ2v) is 8.64. The molecule has 0 spiro atoms. The van der Waals surface area contributed by atoms with E-state index in [9.17, 15) is 9.59 Å². The fraction of sp³-hybridized carbons (Fsp3) is 0.435. The van der Waals surface area contributed by atoms with Gasteiger partial charge in [0.05, 0.1) is 29.4 Å². The molecule has 1 aromatic heterocycles. The molecule has 0 saturated carbocycles. The number of hydrogen-bond acceptors (Lipinski definition) is 6. The Morgan fingerprint density at radius 1 is 1.19 bits per heavy atom. The summed E-state index contributed by atoms with van der Waals surface area (Å²) in [6.07, 6.45) is 1.40. The maximum atomic E-state index is 13.3. The minimum absolute atomic E-state index is 0.152. The van der Waals surface area contributed by atoms with Crippen LogP contribution in [0, 0.1) is 13.8 Å². The maximum absolute atomic E-state index is 13.3. The van der Waals surface area contributed by atoms with Gasteiger partial charge in [-0.25, -0.2) is 9.78 Å². The number of benzene rings is 1. The van der Waals surface area contributed by atoms with Crippen LogP contribution < -0.4 is 14.5 Å². The van der Waals surface area contributed by atoms with Crippen LogP contribution in [-0.2, 0) is 4.74 Å². The molecule has 0 radical (unpaired) electrons. The summed E-state index contributed by atoms with van der Waals surface area (Å²) in [5, 5.41) is 0.304. The molecule has 1 atom stereocenters. The lowest BCUT2D eigenvalue weighted by Crippen LogP contribution is -2.49. The molecule has 0 aliphatic carbocycles. The quantitative estimate of drug-likeness (QED) is 0.696. The molecule has 4 rings (SSSR count). The molecule has 2 aliphatic rings. The maximum Gasteiger partial charge on any atom is 0.414 e. The molecule has 0 N–H and O–H groups in total. The number of rotatable bonds is 4. The highest BCUT2D eigenvalue weighted by Crippen LogP contribution is 2.37. The Kier molecular flexibility index (Phi) is 6.15. The molecular weight excluding hydrogens is 432 g/mol. The van der Waals surface area contributed by atoms with Gasteiger partial charge in [-0.15, -0.1) is 0 Å². The number of aromatic nitrogens is 1. The molecule has 2 fully saturated rings. The smallest absolute Gasteiger partial charge is 0.414 e. The standard InChI is InChI=1S/C23H27ClN4O4/c1-14-9-15(2)21(25-12-14)26-5-7-27(8-6-26)22(29)17-10-18(24)19(11-20(17)31-4)28-16(3)13-32-23(28)30/h9-12,16H,5-8,13H2,1-4H3/t16-/m1/s1. The molecule has 170 valence electrons. The average molecular weight is 459 g/mol. The predicted octanol–water partition coefficient (Wildman–Crippen LogP) is 3.67. The zero-order chi connectivity index (χ0) is 23.0. The third kappa shape index (κ3) is 4.07. The summed E-state index contributed by atoms with van der Waals surface area (Å²) in [5.41, 5.74) is 3.10. The number of piperazine rings is 1. The summed E-state index contributed by atoms with van der Waals surface area (Å²) in [5.74, 6) is 1.18. The number of hydrogen-bond donors (Lipinski definition) is 0. The highest BCUT2D eigenvalue weighted by molar-refractivity contribution is 6.34. The number of aryl methyl sites for hydroxylation is 2. The van der Waals surface area contributed by atoms with E-state index < -0.39 is 6.09 Å². The first-order valence-corrected chi connectivity index (χ1v) is 11.0. The van der Waals surface area contributed by atoms with Crippen molar-refractivity contribution in [3.63, 3.8) is 0 Å². The van der Waals surface area contributed by atoms with Crippen LogP contribution in [0.3, 0.4) is 0 Å². The number of halogens is 1. The number of cyclic esters (lactones) is 1. The largest absolute Gasteiger partial charge is 0.496 e. The highest BCUT2D eigenvalue weighted by Gasteiger charge is 2.34. The number of methoxy groups -OCH3 is 1. The van der Waals surface area contributed by atoms with Gasteiger partial charge in [-0.2, -0.15) is 0 Å². The van der Waals surface area contributed by atoms with E-state index in [1.807, 2.05) is 20.0 Å². The minimum Gasteiger partial charge on any atom is -0.496 e. The van der Waals surface area contributed by atoms with Gasteiger partial charge >= 0.3 is 6.09 Å². The molecule has 2 saturated heterocycles. The lowest BCUT2D eigenvalue weighted by Gasteiger charge is -2.36. The Labute approximate surface area is 192 Å². The van der Waals surface area contributed by atoms with Crippen LogP contribution in [0.4, 0.5) is 16.3 Å². The van der Waals surface area contributed by atoms with Crippen LogP contribution in [0.15, 0.2) is 24.4 Å². The van der Waals surface area contributed by atoms with E-state index in [0.717, 1.165) is 16.9 Å². The van der Waals surface area contributed by atoms with E-state index in [0.29, 0.717) is 48.2 Å². The molecular formula is C23H27ClN4O4. The van der Waals surface area contributed by atoms with Crippen LogP contribution in [0.1, 0.15) is 28.4 Å². The van der Waals surface area contributed by atoms with Gasteiger partial charge in [0.15, 0.2) is 0 Å². The lowest BCUT2D eigenvalue weighted by atomic mass is 10.1. The summed E-state index contributed by atoms with van der Waals surface area (Å²) >= 11 is 6.49.